The number of hydrogen-bond acceptors (Lipinski definition) is 4. The van der Waals surface area contributed by atoms with Crippen LogP contribution >= 0.6 is 15.9 Å². The average molecular weight is 296 g/mol. The van der Waals surface area contributed by atoms with Crippen molar-refractivity contribution in [3.05, 3.63) is 0 Å². The van der Waals surface area contributed by atoms with Crippen molar-refractivity contribution in [3.63, 3.8) is 0 Å². The van der Waals surface area contributed by atoms with Crippen molar-refractivity contribution in [3.8, 4) is 0 Å². The third kappa shape index (κ3) is 8.52. The first kappa shape index (κ1) is 15.2. The van der Waals surface area contributed by atoms with Gasteiger partial charge < -0.3 is 14.8 Å². The van der Waals surface area contributed by atoms with E-state index in [1.54, 1.807) is 6.92 Å². The Morgan fingerprint density at radius 1 is 1.25 bits per heavy atom. The number of hydrogen-bond donors (Lipinski definition) is 1. The molecule has 94 valence electrons. The van der Waals surface area contributed by atoms with Crippen LogP contribution < -0.4 is 5.32 Å². The van der Waals surface area contributed by atoms with Crippen LogP contribution in [0.2, 0.25) is 0 Å². The number of esters is 1. The number of amides is 1. The Labute approximate surface area is 104 Å². The van der Waals surface area contributed by atoms with Crippen LogP contribution in [0.25, 0.3) is 0 Å². The van der Waals surface area contributed by atoms with Gasteiger partial charge in [0.2, 0.25) is 0 Å². The number of ether oxygens (including phenoxy) is 2. The van der Waals surface area contributed by atoms with Gasteiger partial charge in [-0.05, 0) is 12.8 Å². The Balaban J connectivity index is 3.45. The standard InChI is InChI=1S/C10H18BrNO4/c1-7(2)6-16-10(14)12-4-5-15-9(13)8(3)11/h7-8H,4-6H2,1-3H3,(H,12,14). The summed E-state index contributed by atoms with van der Waals surface area (Å²) in [6.45, 7) is 6.35. The largest absolute Gasteiger partial charge is 0.463 e. The summed E-state index contributed by atoms with van der Waals surface area (Å²) < 4.78 is 9.68. The molecule has 0 bridgehead atoms. The van der Waals surface area contributed by atoms with Crippen LogP contribution in [0.3, 0.4) is 0 Å². The molecule has 0 aliphatic heterocycles. The Kier molecular flexibility index (Phi) is 7.97. The number of carbonyl (C=O) groups excluding carboxylic acids is 2. The molecule has 1 N–H and O–H groups in total. The molecule has 0 fully saturated rings. The molecule has 0 aromatic heterocycles. The molecule has 16 heavy (non-hydrogen) atoms. The van der Waals surface area contributed by atoms with Gasteiger partial charge in [0.25, 0.3) is 0 Å². The van der Waals surface area contributed by atoms with Crippen LogP contribution in [0.4, 0.5) is 4.79 Å². The second-order valence-corrected chi connectivity index (χ2v) is 5.08. The van der Waals surface area contributed by atoms with E-state index in [9.17, 15) is 9.59 Å². The van der Waals surface area contributed by atoms with E-state index in [1.807, 2.05) is 13.8 Å². The maximum Gasteiger partial charge on any atom is 0.407 e. The number of alkyl halides is 1. The molecule has 0 radical (unpaired) electrons. The molecule has 5 nitrogen and oxygen atoms in total. The highest BCUT2D eigenvalue weighted by molar-refractivity contribution is 9.10. The van der Waals surface area contributed by atoms with E-state index >= 15 is 0 Å². The molecule has 0 aliphatic carbocycles. The zero-order valence-electron chi connectivity index (χ0n) is 9.79. The number of halogens is 1. The quantitative estimate of drug-likeness (QED) is 0.460. The van der Waals surface area contributed by atoms with Crippen LogP contribution in [-0.4, -0.2) is 36.6 Å². The Bertz CT molecular complexity index is 231. The van der Waals surface area contributed by atoms with Crippen molar-refractivity contribution in [1.82, 2.24) is 5.32 Å². The lowest BCUT2D eigenvalue weighted by molar-refractivity contribution is -0.142. The molecular formula is C10H18BrNO4. The molecule has 0 aromatic rings. The average Bonchev–Trinajstić information content (AvgIpc) is 2.20. The van der Waals surface area contributed by atoms with E-state index in [2.05, 4.69) is 21.2 Å². The Morgan fingerprint density at radius 3 is 2.38 bits per heavy atom. The van der Waals surface area contributed by atoms with Gasteiger partial charge in [-0.15, -0.1) is 0 Å². The van der Waals surface area contributed by atoms with Crippen molar-refractivity contribution in [2.24, 2.45) is 5.92 Å². The minimum Gasteiger partial charge on any atom is -0.463 e. The highest BCUT2D eigenvalue weighted by atomic mass is 79.9. The summed E-state index contributed by atoms with van der Waals surface area (Å²) in [6, 6.07) is 0. The predicted octanol–water partition coefficient (Wildman–Crippen LogP) is 1.70. The van der Waals surface area contributed by atoms with E-state index in [-0.39, 0.29) is 23.9 Å². The molecule has 0 spiro atoms. The van der Waals surface area contributed by atoms with E-state index < -0.39 is 6.09 Å². The predicted molar refractivity (Wildman–Crippen MR) is 63.5 cm³/mol. The molecule has 1 unspecified atom stereocenters. The fraction of sp³-hybridized carbons (Fsp3) is 0.800. The van der Waals surface area contributed by atoms with Gasteiger partial charge in [-0.3, -0.25) is 4.79 Å². The normalized spacial score (nSPS) is 12.1. The maximum atomic E-state index is 11.0. The lowest BCUT2D eigenvalue weighted by atomic mass is 10.2. The zero-order valence-corrected chi connectivity index (χ0v) is 11.4. The molecule has 0 aliphatic rings. The molecule has 1 amide bonds. The van der Waals surface area contributed by atoms with E-state index in [0.29, 0.717) is 12.5 Å². The SMILES string of the molecule is CC(C)COC(=O)NCCOC(=O)C(C)Br. The van der Waals surface area contributed by atoms with Crippen LogP contribution in [0, 0.1) is 5.92 Å². The van der Waals surface area contributed by atoms with Gasteiger partial charge in [0, 0.05) is 0 Å². The number of carbonyl (C=O) groups is 2. The monoisotopic (exact) mass is 295 g/mol. The topological polar surface area (TPSA) is 64.6 Å². The molecular weight excluding hydrogens is 278 g/mol. The first-order valence-electron chi connectivity index (χ1n) is 5.14. The summed E-state index contributed by atoms with van der Waals surface area (Å²) in [4.78, 5) is 21.7. The van der Waals surface area contributed by atoms with Gasteiger partial charge in [0.15, 0.2) is 0 Å². The number of alkyl carbamates (subject to hydrolysis) is 1. The summed E-state index contributed by atoms with van der Waals surface area (Å²) in [6.07, 6.45) is -0.489. The summed E-state index contributed by atoms with van der Waals surface area (Å²) in [5, 5.41) is 2.48. The highest BCUT2D eigenvalue weighted by Crippen LogP contribution is 1.99. The van der Waals surface area contributed by atoms with E-state index in [0.717, 1.165) is 0 Å². The zero-order chi connectivity index (χ0) is 12.6. The van der Waals surface area contributed by atoms with Gasteiger partial charge in [-0.1, -0.05) is 29.8 Å². The molecule has 0 aromatic carbocycles. The Morgan fingerprint density at radius 2 is 1.88 bits per heavy atom. The highest BCUT2D eigenvalue weighted by Gasteiger charge is 2.09. The summed E-state index contributed by atoms with van der Waals surface area (Å²) in [5.74, 6) is -0.0461. The fourth-order valence-electron chi connectivity index (χ4n) is 0.713. The van der Waals surface area contributed by atoms with Crippen molar-refractivity contribution in [2.75, 3.05) is 19.8 Å². The van der Waals surface area contributed by atoms with Gasteiger partial charge in [0.05, 0.1) is 13.2 Å². The molecule has 1 atom stereocenters. The second kappa shape index (κ2) is 8.38. The van der Waals surface area contributed by atoms with Crippen LogP contribution in [0.5, 0.6) is 0 Å². The molecule has 0 rings (SSSR count). The van der Waals surface area contributed by atoms with Crippen molar-refractivity contribution >= 4 is 28.0 Å². The minimum atomic E-state index is -0.489. The van der Waals surface area contributed by atoms with E-state index in [4.69, 9.17) is 9.47 Å². The molecule has 0 saturated heterocycles. The van der Waals surface area contributed by atoms with Gasteiger partial charge in [-0.25, -0.2) is 4.79 Å². The number of nitrogens with one attached hydrogen (secondary N) is 1. The van der Waals surface area contributed by atoms with Crippen LogP contribution in [-0.2, 0) is 14.3 Å². The van der Waals surface area contributed by atoms with Gasteiger partial charge in [-0.2, -0.15) is 0 Å². The first-order valence-corrected chi connectivity index (χ1v) is 6.06. The Hall–Kier alpha value is -0.780. The number of rotatable bonds is 6. The first-order chi connectivity index (χ1) is 7.43. The van der Waals surface area contributed by atoms with Crippen LogP contribution in [0.1, 0.15) is 20.8 Å². The molecule has 0 saturated carbocycles. The third-order valence-corrected chi connectivity index (χ3v) is 1.86. The summed E-state index contributed by atoms with van der Waals surface area (Å²) in [5.41, 5.74) is 0. The third-order valence-electron chi connectivity index (χ3n) is 1.49. The van der Waals surface area contributed by atoms with Crippen molar-refractivity contribution in [2.45, 2.75) is 25.6 Å². The van der Waals surface area contributed by atoms with Crippen molar-refractivity contribution in [1.29, 1.82) is 0 Å². The molecule has 6 heteroatoms. The smallest absolute Gasteiger partial charge is 0.407 e. The fourth-order valence-corrected chi connectivity index (χ4v) is 0.845. The lowest BCUT2D eigenvalue weighted by Gasteiger charge is -2.09. The van der Waals surface area contributed by atoms with Gasteiger partial charge >= 0.3 is 12.1 Å². The molecule has 0 heterocycles. The second-order valence-electron chi connectivity index (χ2n) is 3.70. The van der Waals surface area contributed by atoms with Gasteiger partial charge in [0.1, 0.15) is 11.4 Å². The summed E-state index contributed by atoms with van der Waals surface area (Å²) >= 11 is 3.08. The maximum absolute atomic E-state index is 11.0. The lowest BCUT2D eigenvalue weighted by Crippen LogP contribution is -2.30. The van der Waals surface area contributed by atoms with Crippen LogP contribution in [0.15, 0.2) is 0 Å². The minimum absolute atomic E-state index is 0.144. The van der Waals surface area contributed by atoms with Crippen molar-refractivity contribution < 1.29 is 19.1 Å². The summed E-state index contributed by atoms with van der Waals surface area (Å²) in [7, 11) is 0. The van der Waals surface area contributed by atoms with E-state index in [1.165, 1.54) is 0 Å².